The van der Waals surface area contributed by atoms with Gasteiger partial charge in [0.05, 0.1) is 11.4 Å². The van der Waals surface area contributed by atoms with Crippen LogP contribution in [0.2, 0.25) is 0 Å². The second kappa shape index (κ2) is 8.81. The summed E-state index contributed by atoms with van der Waals surface area (Å²) in [5.74, 6) is 0.813. The number of aromatic nitrogens is 3. The van der Waals surface area contributed by atoms with Crippen LogP contribution in [0.1, 0.15) is 32.1 Å². The highest BCUT2D eigenvalue weighted by Crippen LogP contribution is 2.27. The van der Waals surface area contributed by atoms with Crippen LogP contribution < -0.4 is 10.6 Å². The van der Waals surface area contributed by atoms with E-state index in [0.717, 1.165) is 27.7 Å². The Kier molecular flexibility index (Phi) is 5.99. The Labute approximate surface area is 177 Å². The number of rotatable bonds is 5. The molecule has 0 spiro atoms. The van der Waals surface area contributed by atoms with Crippen LogP contribution in [0.3, 0.4) is 0 Å². The fourth-order valence-corrected chi connectivity index (χ4v) is 3.86. The van der Waals surface area contributed by atoms with Gasteiger partial charge in [0.1, 0.15) is 11.6 Å². The summed E-state index contributed by atoms with van der Waals surface area (Å²) in [6.07, 6.45) is 9.44. The molecule has 3 aromatic rings. The van der Waals surface area contributed by atoms with Gasteiger partial charge in [-0.15, -0.1) is 0 Å². The van der Waals surface area contributed by atoms with Crippen molar-refractivity contribution in [3.8, 4) is 11.3 Å². The molecule has 4 rings (SSSR count). The SMILES string of the molecule is Fc1cc(I)ccc1Nc1cc(-c2ccncc2)nc(NC2CCCCC2)n1. The van der Waals surface area contributed by atoms with Gasteiger partial charge < -0.3 is 10.6 Å². The van der Waals surface area contributed by atoms with Crippen LogP contribution in [-0.4, -0.2) is 21.0 Å². The fraction of sp³-hybridized carbons (Fsp3) is 0.286. The van der Waals surface area contributed by atoms with Crippen molar-refractivity contribution in [2.45, 2.75) is 38.1 Å². The quantitative estimate of drug-likeness (QED) is 0.446. The lowest BCUT2D eigenvalue weighted by atomic mass is 9.96. The average Bonchev–Trinajstić information content (AvgIpc) is 2.71. The summed E-state index contributed by atoms with van der Waals surface area (Å²) >= 11 is 2.09. The Bertz CT molecular complexity index is 945. The fourth-order valence-electron chi connectivity index (χ4n) is 3.40. The molecule has 0 radical (unpaired) electrons. The van der Waals surface area contributed by atoms with Crippen LogP contribution in [0.5, 0.6) is 0 Å². The Morgan fingerprint density at radius 1 is 0.964 bits per heavy atom. The van der Waals surface area contributed by atoms with Crippen molar-refractivity contribution in [3.63, 3.8) is 0 Å². The number of anilines is 3. The van der Waals surface area contributed by atoms with Crippen molar-refractivity contribution < 1.29 is 4.39 Å². The van der Waals surface area contributed by atoms with Gasteiger partial charge in [0, 0.05) is 33.6 Å². The third kappa shape index (κ3) is 4.76. The molecule has 2 N–H and O–H groups in total. The highest BCUT2D eigenvalue weighted by Gasteiger charge is 2.16. The Morgan fingerprint density at radius 3 is 2.50 bits per heavy atom. The summed E-state index contributed by atoms with van der Waals surface area (Å²) in [6.45, 7) is 0. The molecule has 0 aliphatic heterocycles. The molecule has 0 saturated heterocycles. The first-order valence-corrected chi connectivity index (χ1v) is 10.5. The highest BCUT2D eigenvalue weighted by atomic mass is 127. The third-order valence-corrected chi connectivity index (χ3v) is 5.51. The highest BCUT2D eigenvalue weighted by molar-refractivity contribution is 14.1. The summed E-state index contributed by atoms with van der Waals surface area (Å²) in [6, 6.07) is 11.1. The number of benzene rings is 1. The molecule has 0 amide bonds. The smallest absolute Gasteiger partial charge is 0.225 e. The van der Waals surface area contributed by atoms with Gasteiger partial charge in [0.25, 0.3) is 0 Å². The number of hydrogen-bond acceptors (Lipinski definition) is 5. The summed E-state index contributed by atoms with van der Waals surface area (Å²) in [5, 5.41) is 6.57. The number of hydrogen-bond donors (Lipinski definition) is 2. The van der Waals surface area contributed by atoms with E-state index in [1.54, 1.807) is 18.5 Å². The molecule has 1 aliphatic carbocycles. The molecule has 2 heterocycles. The molecular formula is C21H21FIN5. The molecule has 1 fully saturated rings. The van der Waals surface area contributed by atoms with Gasteiger partial charge in [-0.25, -0.2) is 9.37 Å². The molecule has 1 saturated carbocycles. The molecule has 0 bridgehead atoms. The minimum Gasteiger partial charge on any atom is -0.351 e. The van der Waals surface area contributed by atoms with Crippen LogP contribution in [0, 0.1) is 9.39 Å². The summed E-state index contributed by atoms with van der Waals surface area (Å²) in [7, 11) is 0. The van der Waals surface area contributed by atoms with Crippen molar-refractivity contribution in [1.29, 1.82) is 0 Å². The summed E-state index contributed by atoms with van der Waals surface area (Å²) in [4.78, 5) is 13.4. The Morgan fingerprint density at radius 2 is 1.75 bits per heavy atom. The maximum Gasteiger partial charge on any atom is 0.225 e. The minimum atomic E-state index is -0.308. The van der Waals surface area contributed by atoms with Gasteiger partial charge in [-0.1, -0.05) is 19.3 Å². The van der Waals surface area contributed by atoms with Gasteiger partial charge in [0.2, 0.25) is 5.95 Å². The lowest BCUT2D eigenvalue weighted by Gasteiger charge is -2.23. The van der Waals surface area contributed by atoms with Gasteiger partial charge in [-0.2, -0.15) is 4.98 Å². The maximum absolute atomic E-state index is 14.3. The monoisotopic (exact) mass is 489 g/mol. The zero-order chi connectivity index (χ0) is 19.3. The molecule has 28 heavy (non-hydrogen) atoms. The molecule has 0 atom stereocenters. The van der Waals surface area contributed by atoms with Gasteiger partial charge in [-0.3, -0.25) is 4.98 Å². The molecule has 144 valence electrons. The van der Waals surface area contributed by atoms with Crippen molar-refractivity contribution >= 4 is 40.0 Å². The van der Waals surface area contributed by atoms with E-state index in [-0.39, 0.29) is 5.82 Å². The summed E-state index contributed by atoms with van der Waals surface area (Å²) < 4.78 is 15.1. The zero-order valence-electron chi connectivity index (χ0n) is 15.3. The number of halogens is 2. The number of nitrogens with zero attached hydrogens (tertiary/aromatic N) is 3. The van der Waals surface area contributed by atoms with Crippen molar-refractivity contribution in [1.82, 2.24) is 15.0 Å². The van der Waals surface area contributed by atoms with Crippen molar-refractivity contribution in [2.75, 3.05) is 10.6 Å². The van der Waals surface area contributed by atoms with E-state index in [4.69, 9.17) is 4.98 Å². The standard InChI is InChI=1S/C21H21FIN5/c22-17-12-15(23)6-7-18(17)26-20-13-19(14-8-10-24-11-9-14)27-21(28-20)25-16-4-2-1-3-5-16/h6-13,16H,1-5H2,(H2,25,26,27,28). The van der Waals surface area contributed by atoms with Crippen molar-refractivity contribution in [3.05, 3.63) is 58.2 Å². The predicted molar refractivity (Wildman–Crippen MR) is 118 cm³/mol. The summed E-state index contributed by atoms with van der Waals surface area (Å²) in [5.41, 5.74) is 2.10. The minimum absolute atomic E-state index is 0.308. The van der Waals surface area contributed by atoms with Gasteiger partial charge in [0.15, 0.2) is 0 Å². The molecule has 1 aliphatic rings. The van der Waals surface area contributed by atoms with Crippen LogP contribution >= 0.6 is 22.6 Å². The maximum atomic E-state index is 14.3. The molecule has 1 aromatic carbocycles. The molecule has 2 aromatic heterocycles. The van der Waals surface area contributed by atoms with E-state index in [1.165, 1.54) is 25.3 Å². The van der Waals surface area contributed by atoms with Crippen LogP contribution in [0.4, 0.5) is 21.8 Å². The normalized spacial score (nSPS) is 14.6. The van der Waals surface area contributed by atoms with E-state index in [1.807, 2.05) is 24.3 Å². The average molecular weight is 489 g/mol. The lowest BCUT2D eigenvalue weighted by molar-refractivity contribution is 0.461. The second-order valence-electron chi connectivity index (χ2n) is 6.93. The Hall–Kier alpha value is -2.29. The first kappa shape index (κ1) is 19.0. The predicted octanol–water partition coefficient (Wildman–Crippen LogP) is 5.77. The van der Waals surface area contributed by atoms with Crippen LogP contribution in [0.25, 0.3) is 11.3 Å². The number of pyridine rings is 1. The van der Waals surface area contributed by atoms with Crippen molar-refractivity contribution in [2.24, 2.45) is 0 Å². The number of nitrogens with one attached hydrogen (secondary N) is 2. The van der Waals surface area contributed by atoms with Gasteiger partial charge >= 0.3 is 0 Å². The van der Waals surface area contributed by atoms with E-state index >= 15 is 0 Å². The zero-order valence-corrected chi connectivity index (χ0v) is 17.5. The van der Waals surface area contributed by atoms with Crippen LogP contribution in [0.15, 0.2) is 48.8 Å². The van der Waals surface area contributed by atoms with E-state index in [9.17, 15) is 4.39 Å². The second-order valence-corrected chi connectivity index (χ2v) is 8.17. The third-order valence-electron chi connectivity index (χ3n) is 4.83. The molecule has 5 nitrogen and oxygen atoms in total. The van der Waals surface area contributed by atoms with Crippen LogP contribution in [-0.2, 0) is 0 Å². The first-order valence-electron chi connectivity index (χ1n) is 9.45. The Balaban J connectivity index is 1.66. The molecule has 0 unspecified atom stereocenters. The largest absolute Gasteiger partial charge is 0.351 e. The first-order chi connectivity index (χ1) is 13.7. The molecular weight excluding hydrogens is 468 g/mol. The van der Waals surface area contributed by atoms with E-state index in [2.05, 4.69) is 43.2 Å². The molecule has 7 heteroatoms. The van der Waals surface area contributed by atoms with Gasteiger partial charge in [-0.05, 0) is 65.8 Å². The lowest BCUT2D eigenvalue weighted by Crippen LogP contribution is -2.23. The van der Waals surface area contributed by atoms with E-state index < -0.39 is 0 Å². The van der Waals surface area contributed by atoms with E-state index in [0.29, 0.717) is 23.5 Å². The topological polar surface area (TPSA) is 62.7 Å².